The van der Waals surface area contributed by atoms with E-state index in [2.05, 4.69) is 45.1 Å². The minimum absolute atomic E-state index is 0.167. The number of nitrogens with zero attached hydrogens (tertiary/aromatic N) is 2. The highest BCUT2D eigenvalue weighted by molar-refractivity contribution is 9.11. The number of rotatable bonds is 5. The lowest BCUT2D eigenvalue weighted by Gasteiger charge is -2.23. The number of benzene rings is 1. The molecule has 0 N–H and O–H groups in total. The number of carbonyl (C=O) groups excluding carboxylic acids is 1. The number of fused-ring (bicyclic) bond motifs is 1. The van der Waals surface area contributed by atoms with Crippen LogP contribution in [0.15, 0.2) is 40.2 Å². The van der Waals surface area contributed by atoms with Crippen LogP contribution in [0.25, 0.3) is 10.2 Å². The maximum Gasteiger partial charge on any atom is 0.223 e. The minimum Gasteiger partial charge on any atom is -0.333 e. The fourth-order valence-electron chi connectivity index (χ4n) is 3.40. The molecule has 130 valence electrons. The first-order valence-electron chi connectivity index (χ1n) is 8.60. The number of aryl methyl sites for hydroxylation is 1. The minimum atomic E-state index is 0.167. The summed E-state index contributed by atoms with van der Waals surface area (Å²) in [6.45, 7) is 0.865. The average Bonchev–Trinajstić information content (AvgIpc) is 3.33. The second-order valence-electron chi connectivity index (χ2n) is 6.32. The second-order valence-corrected chi connectivity index (χ2v) is 9.93. The van der Waals surface area contributed by atoms with E-state index >= 15 is 0 Å². The normalized spacial score (nSPS) is 17.5. The SMILES string of the molecule is O=C(CCCc1ccc(Br)s1)N1CCC[C@H]1c1nc2ccccc2s1. The molecule has 0 spiro atoms. The monoisotopic (exact) mass is 434 g/mol. The zero-order valence-electron chi connectivity index (χ0n) is 13.8. The van der Waals surface area contributed by atoms with Gasteiger partial charge < -0.3 is 4.90 Å². The lowest BCUT2D eigenvalue weighted by Crippen LogP contribution is -2.30. The fourth-order valence-corrected chi connectivity index (χ4v) is 6.04. The van der Waals surface area contributed by atoms with Crippen molar-refractivity contribution in [2.75, 3.05) is 6.54 Å². The molecule has 4 rings (SSSR count). The molecule has 0 saturated carbocycles. The largest absolute Gasteiger partial charge is 0.333 e. The number of carbonyl (C=O) groups is 1. The molecule has 0 aliphatic carbocycles. The smallest absolute Gasteiger partial charge is 0.223 e. The molecule has 6 heteroatoms. The van der Waals surface area contributed by atoms with Gasteiger partial charge in [-0.2, -0.15) is 0 Å². The molecule has 1 atom stereocenters. The van der Waals surface area contributed by atoms with Crippen molar-refractivity contribution in [3.05, 3.63) is 50.1 Å². The number of thiazole rings is 1. The Morgan fingerprint density at radius 2 is 2.12 bits per heavy atom. The molecule has 3 heterocycles. The van der Waals surface area contributed by atoms with E-state index in [0.717, 1.165) is 46.5 Å². The zero-order valence-corrected chi connectivity index (χ0v) is 17.0. The Hall–Kier alpha value is -1.24. The second kappa shape index (κ2) is 7.56. The molecule has 1 fully saturated rings. The summed E-state index contributed by atoms with van der Waals surface area (Å²) in [6.07, 6.45) is 4.61. The Labute approximate surface area is 163 Å². The van der Waals surface area contributed by atoms with E-state index in [4.69, 9.17) is 4.98 Å². The Kier molecular flexibility index (Phi) is 5.20. The summed E-state index contributed by atoms with van der Waals surface area (Å²) in [5.74, 6) is 0.275. The van der Waals surface area contributed by atoms with E-state index in [-0.39, 0.29) is 11.9 Å². The molecule has 0 unspecified atom stereocenters. The van der Waals surface area contributed by atoms with Crippen molar-refractivity contribution in [2.24, 2.45) is 0 Å². The number of halogens is 1. The van der Waals surface area contributed by atoms with E-state index in [9.17, 15) is 4.79 Å². The summed E-state index contributed by atoms with van der Waals surface area (Å²) < 4.78 is 2.37. The van der Waals surface area contributed by atoms with Crippen molar-refractivity contribution in [2.45, 2.75) is 38.1 Å². The van der Waals surface area contributed by atoms with Gasteiger partial charge in [0.15, 0.2) is 0 Å². The summed E-state index contributed by atoms with van der Waals surface area (Å²) in [5, 5.41) is 1.09. The van der Waals surface area contributed by atoms with E-state index < -0.39 is 0 Å². The van der Waals surface area contributed by atoms with E-state index in [0.29, 0.717) is 6.42 Å². The van der Waals surface area contributed by atoms with Crippen LogP contribution in [0, 0.1) is 0 Å². The van der Waals surface area contributed by atoms with Gasteiger partial charge >= 0.3 is 0 Å². The highest BCUT2D eigenvalue weighted by Crippen LogP contribution is 2.37. The van der Waals surface area contributed by atoms with Gasteiger partial charge in [0.1, 0.15) is 5.01 Å². The van der Waals surface area contributed by atoms with Crippen LogP contribution in [0.4, 0.5) is 0 Å². The van der Waals surface area contributed by atoms with Gasteiger partial charge in [0, 0.05) is 17.8 Å². The summed E-state index contributed by atoms with van der Waals surface area (Å²) in [5.41, 5.74) is 1.05. The molecule has 3 nitrogen and oxygen atoms in total. The van der Waals surface area contributed by atoms with Crippen LogP contribution >= 0.6 is 38.6 Å². The first-order chi connectivity index (χ1) is 12.2. The molecule has 1 amide bonds. The third-order valence-electron chi connectivity index (χ3n) is 4.61. The fraction of sp³-hybridized carbons (Fsp3) is 0.368. The van der Waals surface area contributed by atoms with Crippen LogP contribution in [0.5, 0.6) is 0 Å². The van der Waals surface area contributed by atoms with E-state index in [1.54, 1.807) is 22.7 Å². The van der Waals surface area contributed by atoms with Gasteiger partial charge in [-0.1, -0.05) is 12.1 Å². The molecule has 1 aliphatic heterocycles. The number of thiophene rings is 1. The molecule has 1 saturated heterocycles. The van der Waals surface area contributed by atoms with Crippen molar-refractivity contribution < 1.29 is 4.79 Å². The van der Waals surface area contributed by atoms with Crippen LogP contribution < -0.4 is 0 Å². The quantitative estimate of drug-likeness (QED) is 0.507. The van der Waals surface area contributed by atoms with Crippen molar-refractivity contribution in [3.8, 4) is 0 Å². The van der Waals surface area contributed by atoms with Gasteiger partial charge in [-0.15, -0.1) is 22.7 Å². The van der Waals surface area contributed by atoms with Crippen molar-refractivity contribution in [1.82, 2.24) is 9.88 Å². The van der Waals surface area contributed by atoms with Crippen LogP contribution in [0.3, 0.4) is 0 Å². The molecule has 1 aromatic carbocycles. The summed E-state index contributed by atoms with van der Waals surface area (Å²) >= 11 is 6.98. The number of likely N-dealkylation sites (tertiary alicyclic amines) is 1. The van der Waals surface area contributed by atoms with E-state index in [1.807, 2.05) is 12.1 Å². The van der Waals surface area contributed by atoms with Crippen LogP contribution in [0.2, 0.25) is 0 Å². The molecule has 3 aromatic rings. The van der Waals surface area contributed by atoms with Gasteiger partial charge in [0.25, 0.3) is 0 Å². The Morgan fingerprint density at radius 3 is 2.92 bits per heavy atom. The maximum atomic E-state index is 12.7. The maximum absolute atomic E-state index is 12.7. The number of amides is 1. The summed E-state index contributed by atoms with van der Waals surface area (Å²) in [6, 6.07) is 12.6. The highest BCUT2D eigenvalue weighted by atomic mass is 79.9. The van der Waals surface area contributed by atoms with Gasteiger partial charge in [-0.3, -0.25) is 4.79 Å². The zero-order chi connectivity index (χ0) is 17.2. The van der Waals surface area contributed by atoms with Gasteiger partial charge in [-0.05, 0) is 65.9 Å². The standard InChI is InChI=1S/C19H19BrN2OS2/c20-17-11-10-13(24-17)5-3-9-18(23)22-12-4-7-15(22)19-21-14-6-1-2-8-16(14)25-19/h1-2,6,8,10-11,15H,3-5,7,9,12H2/t15-/m0/s1. The highest BCUT2D eigenvalue weighted by Gasteiger charge is 2.31. The van der Waals surface area contributed by atoms with Crippen LogP contribution in [0.1, 0.15) is 41.6 Å². The molecular formula is C19H19BrN2OS2. The van der Waals surface area contributed by atoms with Crippen molar-refractivity contribution in [1.29, 1.82) is 0 Å². The predicted octanol–water partition coefficient (Wildman–Crippen LogP) is 5.81. The van der Waals surface area contributed by atoms with Crippen LogP contribution in [-0.4, -0.2) is 22.3 Å². The number of hydrogen-bond acceptors (Lipinski definition) is 4. The van der Waals surface area contributed by atoms with Gasteiger partial charge in [-0.25, -0.2) is 4.98 Å². The van der Waals surface area contributed by atoms with Gasteiger partial charge in [0.2, 0.25) is 5.91 Å². The Morgan fingerprint density at radius 1 is 1.24 bits per heavy atom. The van der Waals surface area contributed by atoms with Gasteiger partial charge in [0.05, 0.1) is 20.0 Å². The predicted molar refractivity (Wildman–Crippen MR) is 108 cm³/mol. The summed E-state index contributed by atoms with van der Waals surface area (Å²) in [4.78, 5) is 20.9. The lowest BCUT2D eigenvalue weighted by molar-refractivity contribution is -0.132. The van der Waals surface area contributed by atoms with Crippen LogP contribution in [-0.2, 0) is 11.2 Å². The van der Waals surface area contributed by atoms with E-state index in [1.165, 1.54) is 9.58 Å². The van der Waals surface area contributed by atoms with Crippen molar-refractivity contribution >= 4 is 54.7 Å². The molecule has 2 aromatic heterocycles. The Bertz CT molecular complexity index is 855. The van der Waals surface area contributed by atoms with Crippen molar-refractivity contribution in [3.63, 3.8) is 0 Å². The molecule has 0 bridgehead atoms. The number of aromatic nitrogens is 1. The molecule has 25 heavy (non-hydrogen) atoms. The number of hydrogen-bond donors (Lipinski definition) is 0. The molecule has 1 aliphatic rings. The molecule has 0 radical (unpaired) electrons. The number of para-hydroxylation sites is 1. The topological polar surface area (TPSA) is 33.2 Å². The third-order valence-corrected chi connectivity index (χ3v) is 7.43. The Balaban J connectivity index is 1.40. The average molecular weight is 435 g/mol. The first-order valence-corrected chi connectivity index (χ1v) is 11.0. The lowest BCUT2D eigenvalue weighted by atomic mass is 10.2. The molecular weight excluding hydrogens is 416 g/mol. The summed E-state index contributed by atoms with van der Waals surface area (Å²) in [7, 11) is 0. The third kappa shape index (κ3) is 3.81. The first kappa shape index (κ1) is 17.2.